The van der Waals surface area contributed by atoms with E-state index in [0.29, 0.717) is 17.1 Å². The van der Waals surface area contributed by atoms with Crippen molar-refractivity contribution in [2.24, 2.45) is 0 Å². The first kappa shape index (κ1) is 15.2. The molecule has 3 aromatic rings. The fourth-order valence-electron chi connectivity index (χ4n) is 2.76. The van der Waals surface area contributed by atoms with Gasteiger partial charge in [-0.3, -0.25) is 0 Å². The third-order valence-electron chi connectivity index (χ3n) is 3.95. The minimum absolute atomic E-state index is 0.118. The number of benzene rings is 2. The maximum Gasteiger partial charge on any atom is 0.178 e. The van der Waals surface area contributed by atoms with Crippen molar-refractivity contribution in [2.45, 2.75) is 20.3 Å². The molecule has 4 nitrogen and oxygen atoms in total. The number of phenolic OH excluding ortho intramolecular Hbond substituents is 1. The summed E-state index contributed by atoms with van der Waals surface area (Å²) in [5, 5.41) is 14.5. The highest BCUT2D eigenvalue weighted by Crippen LogP contribution is 2.41. The molecule has 0 aliphatic heterocycles. The monoisotopic (exact) mass is 309 g/mol. The molecule has 0 saturated carbocycles. The largest absolute Gasteiger partial charge is 0.507 e. The molecule has 0 bridgehead atoms. The van der Waals surface area contributed by atoms with E-state index in [0.717, 1.165) is 28.8 Å². The molecule has 2 aromatic carbocycles. The van der Waals surface area contributed by atoms with Crippen LogP contribution in [-0.4, -0.2) is 17.4 Å². The predicted octanol–water partition coefficient (Wildman–Crippen LogP) is 4.59. The number of aryl methyl sites for hydroxylation is 2. The number of hydrogen-bond donors (Lipinski definition) is 1. The summed E-state index contributed by atoms with van der Waals surface area (Å²) < 4.78 is 10.9. The van der Waals surface area contributed by atoms with Crippen LogP contribution in [0.3, 0.4) is 0 Å². The van der Waals surface area contributed by atoms with Gasteiger partial charge in [-0.05, 0) is 30.5 Å². The molecule has 0 aliphatic rings. The van der Waals surface area contributed by atoms with Gasteiger partial charge in [-0.2, -0.15) is 0 Å². The van der Waals surface area contributed by atoms with E-state index in [-0.39, 0.29) is 5.75 Å². The van der Waals surface area contributed by atoms with Crippen LogP contribution in [0, 0.1) is 6.92 Å². The van der Waals surface area contributed by atoms with Gasteiger partial charge < -0.3 is 14.4 Å². The number of ether oxygens (including phenoxy) is 1. The first-order valence-electron chi connectivity index (χ1n) is 7.57. The summed E-state index contributed by atoms with van der Waals surface area (Å²) in [6.45, 7) is 3.94. The Morgan fingerprint density at radius 2 is 1.91 bits per heavy atom. The first-order chi connectivity index (χ1) is 11.2. The molecule has 23 heavy (non-hydrogen) atoms. The summed E-state index contributed by atoms with van der Waals surface area (Å²) in [6, 6.07) is 13.4. The normalized spacial score (nSPS) is 10.7. The smallest absolute Gasteiger partial charge is 0.178 e. The van der Waals surface area contributed by atoms with E-state index < -0.39 is 0 Å². The maximum absolute atomic E-state index is 10.4. The number of aromatic nitrogens is 1. The quantitative estimate of drug-likeness (QED) is 0.765. The molecule has 1 N–H and O–H groups in total. The maximum atomic E-state index is 10.4. The Morgan fingerprint density at radius 1 is 1.17 bits per heavy atom. The lowest BCUT2D eigenvalue weighted by Gasteiger charge is -2.11. The van der Waals surface area contributed by atoms with Crippen LogP contribution in [0.2, 0.25) is 0 Å². The van der Waals surface area contributed by atoms with Crippen LogP contribution in [0.5, 0.6) is 11.5 Å². The van der Waals surface area contributed by atoms with Gasteiger partial charge >= 0.3 is 0 Å². The van der Waals surface area contributed by atoms with Gasteiger partial charge in [-0.15, -0.1) is 0 Å². The number of aromatic hydroxyl groups is 1. The van der Waals surface area contributed by atoms with Crippen molar-refractivity contribution in [1.29, 1.82) is 0 Å². The molecule has 4 heteroatoms. The highest BCUT2D eigenvalue weighted by atomic mass is 16.5. The van der Waals surface area contributed by atoms with Crippen LogP contribution in [0.4, 0.5) is 0 Å². The SMILES string of the molecule is CCc1cc(-c2onc(C)c2-c2ccccc2)c(O)cc1OC. The average Bonchev–Trinajstić information content (AvgIpc) is 2.96. The molecule has 1 aromatic heterocycles. The molecule has 0 fully saturated rings. The van der Waals surface area contributed by atoms with Gasteiger partial charge in [0.05, 0.1) is 23.9 Å². The molecular weight excluding hydrogens is 290 g/mol. The number of phenols is 1. The van der Waals surface area contributed by atoms with Crippen molar-refractivity contribution in [2.75, 3.05) is 7.11 Å². The first-order valence-corrected chi connectivity index (χ1v) is 7.57. The zero-order chi connectivity index (χ0) is 16.4. The van der Waals surface area contributed by atoms with Crippen molar-refractivity contribution in [3.63, 3.8) is 0 Å². The topological polar surface area (TPSA) is 55.5 Å². The van der Waals surface area contributed by atoms with Crippen molar-refractivity contribution in [3.05, 3.63) is 53.7 Å². The second-order valence-electron chi connectivity index (χ2n) is 5.37. The Labute approximate surface area is 135 Å². The minimum Gasteiger partial charge on any atom is -0.507 e. The van der Waals surface area contributed by atoms with E-state index in [4.69, 9.17) is 9.26 Å². The van der Waals surface area contributed by atoms with E-state index >= 15 is 0 Å². The van der Waals surface area contributed by atoms with Gasteiger partial charge in [-0.25, -0.2) is 0 Å². The van der Waals surface area contributed by atoms with Crippen LogP contribution < -0.4 is 4.74 Å². The highest BCUT2D eigenvalue weighted by molar-refractivity contribution is 5.84. The van der Waals surface area contributed by atoms with E-state index in [1.165, 1.54) is 0 Å². The van der Waals surface area contributed by atoms with Crippen molar-refractivity contribution >= 4 is 0 Å². The van der Waals surface area contributed by atoms with Crippen LogP contribution in [-0.2, 0) is 6.42 Å². The molecule has 0 aliphatic carbocycles. The molecule has 0 spiro atoms. The van der Waals surface area contributed by atoms with Gasteiger partial charge in [0.15, 0.2) is 5.76 Å². The van der Waals surface area contributed by atoms with Gasteiger partial charge in [0.1, 0.15) is 11.5 Å². The fraction of sp³-hybridized carbons (Fsp3) is 0.211. The summed E-state index contributed by atoms with van der Waals surface area (Å²) in [4.78, 5) is 0. The zero-order valence-electron chi connectivity index (χ0n) is 13.5. The minimum atomic E-state index is 0.118. The summed E-state index contributed by atoms with van der Waals surface area (Å²) >= 11 is 0. The van der Waals surface area contributed by atoms with E-state index in [1.807, 2.05) is 50.2 Å². The standard InChI is InChI=1S/C19H19NO3/c1-4-13-10-15(16(21)11-17(13)22-3)19-18(12(2)20-23-19)14-8-6-5-7-9-14/h5-11,21H,4H2,1-3H3. The van der Waals surface area contributed by atoms with Gasteiger partial charge in [0.25, 0.3) is 0 Å². The van der Waals surface area contributed by atoms with Crippen LogP contribution in [0.15, 0.2) is 47.0 Å². The molecule has 3 rings (SSSR count). The Balaban J connectivity index is 2.21. The number of nitrogens with zero attached hydrogens (tertiary/aromatic N) is 1. The summed E-state index contributed by atoms with van der Waals surface area (Å²) in [5.74, 6) is 1.36. The third kappa shape index (κ3) is 2.68. The fourth-order valence-corrected chi connectivity index (χ4v) is 2.76. The molecule has 0 unspecified atom stereocenters. The molecule has 0 saturated heterocycles. The van der Waals surface area contributed by atoms with Crippen LogP contribution >= 0.6 is 0 Å². The van der Waals surface area contributed by atoms with Crippen LogP contribution in [0.1, 0.15) is 18.2 Å². The molecule has 0 radical (unpaired) electrons. The molecule has 0 amide bonds. The number of hydrogen-bond acceptors (Lipinski definition) is 4. The molecule has 118 valence electrons. The van der Waals surface area contributed by atoms with Gasteiger partial charge in [0, 0.05) is 6.07 Å². The van der Waals surface area contributed by atoms with E-state index in [9.17, 15) is 5.11 Å². The van der Waals surface area contributed by atoms with E-state index in [1.54, 1.807) is 13.2 Å². The Kier molecular flexibility index (Phi) is 4.06. The van der Waals surface area contributed by atoms with Gasteiger partial charge in [-0.1, -0.05) is 42.4 Å². The Hall–Kier alpha value is -2.75. The van der Waals surface area contributed by atoms with Crippen molar-refractivity contribution in [1.82, 2.24) is 5.16 Å². The van der Waals surface area contributed by atoms with Gasteiger partial charge in [0.2, 0.25) is 0 Å². The number of rotatable bonds is 4. The predicted molar refractivity (Wildman–Crippen MR) is 89.7 cm³/mol. The molecule has 0 atom stereocenters. The second-order valence-corrected chi connectivity index (χ2v) is 5.37. The molecule has 1 heterocycles. The highest BCUT2D eigenvalue weighted by Gasteiger charge is 2.21. The van der Waals surface area contributed by atoms with Crippen molar-refractivity contribution in [3.8, 4) is 33.9 Å². The summed E-state index contributed by atoms with van der Waals surface area (Å²) in [6.07, 6.45) is 0.796. The lowest BCUT2D eigenvalue weighted by Crippen LogP contribution is -1.92. The van der Waals surface area contributed by atoms with E-state index in [2.05, 4.69) is 5.16 Å². The second kappa shape index (κ2) is 6.16. The lowest BCUT2D eigenvalue weighted by atomic mass is 9.97. The Morgan fingerprint density at radius 3 is 2.57 bits per heavy atom. The zero-order valence-corrected chi connectivity index (χ0v) is 13.5. The molecular formula is C19H19NO3. The van der Waals surface area contributed by atoms with Crippen LogP contribution in [0.25, 0.3) is 22.5 Å². The van der Waals surface area contributed by atoms with Crippen molar-refractivity contribution < 1.29 is 14.4 Å². The number of methoxy groups -OCH3 is 1. The third-order valence-corrected chi connectivity index (χ3v) is 3.95. The summed E-state index contributed by atoms with van der Waals surface area (Å²) in [7, 11) is 1.60. The summed E-state index contributed by atoms with van der Waals surface area (Å²) in [5.41, 5.74) is 4.33. The Bertz CT molecular complexity index is 822. The average molecular weight is 309 g/mol. The lowest BCUT2D eigenvalue weighted by molar-refractivity contribution is 0.401.